The molecule has 4 rings (SSSR count). The van der Waals surface area contributed by atoms with Crippen molar-refractivity contribution < 1.29 is 14.6 Å². The number of nitrogens with one attached hydrogen (secondary N) is 1. The van der Waals surface area contributed by atoms with Gasteiger partial charge in [0.05, 0.1) is 17.3 Å². The highest BCUT2D eigenvalue weighted by Crippen LogP contribution is 2.37. The van der Waals surface area contributed by atoms with Gasteiger partial charge in [-0.2, -0.15) is 0 Å². The number of nitrogens with two attached hydrogens (primary N) is 2. The number of benzene rings is 1. The standard InChI is InChI=1S/C22H26FN5O2S/c1-12-5-20(26-8-13(12)11-29)31-15-6-14-9-27-22(25)19(28(14)10-15)7-18(24)16-3-2-4-17(23)21(16)30/h2-5,7-8,14-15,27,29-30H,6,9-11,24-25H2,1H3/b18-7-. The predicted octanol–water partition coefficient (Wildman–Crippen LogP) is 1.99. The van der Waals surface area contributed by atoms with Gasteiger partial charge < -0.3 is 31.9 Å². The maximum atomic E-state index is 13.7. The van der Waals surface area contributed by atoms with Crippen molar-refractivity contribution in [2.75, 3.05) is 13.1 Å². The first-order chi connectivity index (χ1) is 14.9. The summed E-state index contributed by atoms with van der Waals surface area (Å²) in [5.74, 6) is -0.691. The van der Waals surface area contributed by atoms with Gasteiger partial charge in [-0.3, -0.25) is 0 Å². The number of phenols is 1. The molecule has 7 N–H and O–H groups in total. The molecule has 1 fully saturated rings. The number of nitrogens with zero attached hydrogens (tertiary/aromatic N) is 2. The summed E-state index contributed by atoms with van der Waals surface area (Å²) in [7, 11) is 0. The Morgan fingerprint density at radius 1 is 1.45 bits per heavy atom. The third kappa shape index (κ3) is 4.28. The Balaban J connectivity index is 1.54. The number of aromatic nitrogens is 1. The largest absolute Gasteiger partial charge is 0.504 e. The van der Waals surface area contributed by atoms with E-state index in [9.17, 15) is 14.6 Å². The summed E-state index contributed by atoms with van der Waals surface area (Å²) in [5.41, 5.74) is 15.5. The average molecular weight is 444 g/mol. The molecule has 164 valence electrons. The van der Waals surface area contributed by atoms with E-state index in [1.165, 1.54) is 12.1 Å². The van der Waals surface area contributed by atoms with Crippen molar-refractivity contribution in [2.45, 2.75) is 36.3 Å². The summed E-state index contributed by atoms with van der Waals surface area (Å²) in [4.78, 5) is 6.68. The van der Waals surface area contributed by atoms with Crippen LogP contribution in [0.2, 0.25) is 0 Å². The molecule has 0 radical (unpaired) electrons. The molecule has 0 bridgehead atoms. The molecule has 0 saturated carbocycles. The van der Waals surface area contributed by atoms with Crippen LogP contribution in [0, 0.1) is 12.7 Å². The van der Waals surface area contributed by atoms with E-state index in [1.54, 1.807) is 30.1 Å². The van der Waals surface area contributed by atoms with E-state index >= 15 is 0 Å². The van der Waals surface area contributed by atoms with Gasteiger partial charge in [-0.1, -0.05) is 6.07 Å². The number of rotatable bonds is 5. The number of aromatic hydroxyl groups is 1. The van der Waals surface area contributed by atoms with Gasteiger partial charge in [-0.15, -0.1) is 11.8 Å². The third-order valence-electron chi connectivity index (χ3n) is 5.73. The van der Waals surface area contributed by atoms with E-state index in [-0.39, 0.29) is 23.9 Å². The first kappa shape index (κ1) is 21.3. The quantitative estimate of drug-likeness (QED) is 0.476. The molecule has 1 saturated heterocycles. The van der Waals surface area contributed by atoms with Crippen LogP contribution in [0.1, 0.15) is 23.1 Å². The molecule has 2 aliphatic rings. The fourth-order valence-electron chi connectivity index (χ4n) is 4.01. The van der Waals surface area contributed by atoms with Crippen molar-refractivity contribution in [2.24, 2.45) is 11.5 Å². The number of halogens is 1. The molecule has 1 aromatic carbocycles. The topological polar surface area (TPSA) is 121 Å². The molecule has 1 aromatic heterocycles. The minimum Gasteiger partial charge on any atom is -0.504 e. The Kier molecular flexibility index (Phi) is 5.97. The number of fused-ring (bicyclic) bond motifs is 1. The molecule has 2 aliphatic heterocycles. The van der Waals surface area contributed by atoms with Gasteiger partial charge in [0.25, 0.3) is 0 Å². The van der Waals surface area contributed by atoms with Crippen LogP contribution < -0.4 is 16.8 Å². The highest BCUT2D eigenvalue weighted by molar-refractivity contribution is 7.99. The molecule has 3 heterocycles. The van der Waals surface area contributed by atoms with E-state index < -0.39 is 11.6 Å². The van der Waals surface area contributed by atoms with Crippen LogP contribution in [0.15, 0.2) is 53.1 Å². The molecule has 31 heavy (non-hydrogen) atoms. The first-order valence-electron chi connectivity index (χ1n) is 10.1. The normalized spacial score (nSPS) is 21.3. The van der Waals surface area contributed by atoms with Gasteiger partial charge in [0.15, 0.2) is 11.6 Å². The molecule has 2 atom stereocenters. The lowest BCUT2D eigenvalue weighted by molar-refractivity contribution is 0.280. The summed E-state index contributed by atoms with van der Waals surface area (Å²) in [6.07, 6.45) is 4.35. The smallest absolute Gasteiger partial charge is 0.165 e. The number of allylic oxidation sites excluding steroid dienone is 1. The Bertz CT molecular complexity index is 1060. The van der Waals surface area contributed by atoms with Crippen LogP contribution in [0.3, 0.4) is 0 Å². The van der Waals surface area contributed by atoms with E-state index in [0.717, 1.165) is 41.4 Å². The lowest BCUT2D eigenvalue weighted by Gasteiger charge is -2.34. The SMILES string of the molecule is Cc1cc(SC2CC3CNC(N)=C(/C=C(\N)c4cccc(F)c4O)N3C2)ncc1CO. The highest BCUT2D eigenvalue weighted by Gasteiger charge is 2.37. The zero-order valence-corrected chi connectivity index (χ0v) is 18.0. The number of aryl methyl sites for hydroxylation is 1. The number of pyridine rings is 1. The van der Waals surface area contributed by atoms with E-state index in [2.05, 4.69) is 15.2 Å². The van der Waals surface area contributed by atoms with Crippen LogP contribution in [0.4, 0.5) is 4.39 Å². The molecule has 0 aliphatic carbocycles. The molecular weight excluding hydrogens is 417 g/mol. The molecular formula is C22H26FN5O2S. The van der Waals surface area contributed by atoms with Crippen LogP contribution in [-0.2, 0) is 6.61 Å². The lowest BCUT2D eigenvalue weighted by Crippen LogP contribution is -2.45. The van der Waals surface area contributed by atoms with Crippen molar-refractivity contribution in [3.05, 3.63) is 70.6 Å². The zero-order valence-electron chi connectivity index (χ0n) is 17.2. The minimum absolute atomic E-state index is 0.0171. The summed E-state index contributed by atoms with van der Waals surface area (Å²) in [6, 6.07) is 6.50. The van der Waals surface area contributed by atoms with Gasteiger partial charge in [0, 0.05) is 41.8 Å². The molecule has 7 nitrogen and oxygen atoms in total. The Morgan fingerprint density at radius 2 is 2.26 bits per heavy atom. The van der Waals surface area contributed by atoms with Gasteiger partial charge in [-0.25, -0.2) is 9.37 Å². The second kappa shape index (κ2) is 8.68. The van der Waals surface area contributed by atoms with E-state index in [0.29, 0.717) is 11.1 Å². The number of para-hydroxylation sites is 1. The van der Waals surface area contributed by atoms with Gasteiger partial charge >= 0.3 is 0 Å². The van der Waals surface area contributed by atoms with Crippen LogP contribution >= 0.6 is 11.8 Å². The first-order valence-corrected chi connectivity index (χ1v) is 10.9. The van der Waals surface area contributed by atoms with Crippen LogP contribution in [-0.4, -0.2) is 44.5 Å². The maximum Gasteiger partial charge on any atom is 0.165 e. The Hall–Kier alpha value is -2.91. The van der Waals surface area contributed by atoms with Gasteiger partial charge in [-0.05, 0) is 48.7 Å². The zero-order chi connectivity index (χ0) is 22.1. The van der Waals surface area contributed by atoms with Crippen molar-refractivity contribution in [1.82, 2.24) is 15.2 Å². The highest BCUT2D eigenvalue weighted by atomic mass is 32.2. The van der Waals surface area contributed by atoms with Crippen LogP contribution in [0.25, 0.3) is 5.70 Å². The Morgan fingerprint density at radius 3 is 3.00 bits per heavy atom. The maximum absolute atomic E-state index is 13.7. The molecule has 0 spiro atoms. The molecule has 0 amide bonds. The summed E-state index contributed by atoms with van der Waals surface area (Å²) >= 11 is 1.71. The minimum atomic E-state index is -0.719. The van der Waals surface area contributed by atoms with Crippen LogP contribution in [0.5, 0.6) is 5.75 Å². The van der Waals surface area contributed by atoms with Gasteiger partial charge in [0.1, 0.15) is 5.82 Å². The fourth-order valence-corrected chi connectivity index (χ4v) is 5.27. The second-order valence-electron chi connectivity index (χ2n) is 7.80. The number of phenolic OH excluding ortho intramolecular Hbond substituents is 1. The molecule has 2 unspecified atom stereocenters. The van der Waals surface area contributed by atoms with E-state index in [1.807, 2.05) is 13.0 Å². The third-order valence-corrected chi connectivity index (χ3v) is 6.87. The number of hydrogen-bond acceptors (Lipinski definition) is 8. The summed E-state index contributed by atoms with van der Waals surface area (Å²) in [5, 5.41) is 23.8. The predicted molar refractivity (Wildman–Crippen MR) is 119 cm³/mol. The Labute approximate surface area is 184 Å². The second-order valence-corrected chi connectivity index (χ2v) is 9.13. The van der Waals surface area contributed by atoms with Crippen molar-refractivity contribution in [1.29, 1.82) is 0 Å². The van der Waals surface area contributed by atoms with E-state index in [4.69, 9.17) is 11.5 Å². The molecule has 2 aromatic rings. The summed E-state index contributed by atoms with van der Waals surface area (Å²) < 4.78 is 13.7. The fraction of sp³-hybridized carbons (Fsp3) is 0.318. The number of thioether (sulfide) groups is 1. The number of hydrogen-bond donors (Lipinski definition) is 5. The van der Waals surface area contributed by atoms with Gasteiger partial charge in [0.2, 0.25) is 0 Å². The van der Waals surface area contributed by atoms with Crippen molar-refractivity contribution >= 4 is 17.5 Å². The number of aliphatic hydroxyl groups excluding tert-OH is 1. The van der Waals surface area contributed by atoms with Crippen molar-refractivity contribution in [3.63, 3.8) is 0 Å². The van der Waals surface area contributed by atoms with Crippen molar-refractivity contribution in [3.8, 4) is 5.75 Å². The molecule has 9 heteroatoms. The average Bonchev–Trinajstić information content (AvgIpc) is 3.15. The summed E-state index contributed by atoms with van der Waals surface area (Å²) in [6.45, 7) is 3.43. The number of aliphatic hydroxyl groups is 1. The monoisotopic (exact) mass is 443 g/mol. The lowest BCUT2D eigenvalue weighted by atomic mass is 10.1.